The zero-order chi connectivity index (χ0) is 28.4. The third-order valence-electron chi connectivity index (χ3n) is 7.19. The van der Waals surface area contributed by atoms with Crippen molar-refractivity contribution in [3.8, 4) is 17.1 Å². The van der Waals surface area contributed by atoms with Crippen LogP contribution in [0.1, 0.15) is 48.0 Å². The summed E-state index contributed by atoms with van der Waals surface area (Å²) in [6.45, 7) is 6.66. The SMILES string of the molecule is COc1cccc(Cc2c(C(C(C)C)n3cc(CCN)nc3-c3ccc(C)cc3)oc3cc(F)ccc3c2=O)c1. The predicted molar refractivity (Wildman–Crippen MR) is 156 cm³/mol. The van der Waals surface area contributed by atoms with E-state index in [0.717, 1.165) is 28.2 Å². The van der Waals surface area contributed by atoms with Gasteiger partial charge in [0.1, 0.15) is 28.7 Å². The molecular weight excluding hydrogens is 505 g/mol. The first kappa shape index (κ1) is 27.3. The highest BCUT2D eigenvalue weighted by molar-refractivity contribution is 5.77. The van der Waals surface area contributed by atoms with Gasteiger partial charge in [0.25, 0.3) is 0 Å². The van der Waals surface area contributed by atoms with Crippen LogP contribution in [0.15, 0.2) is 82.1 Å². The number of imidazole rings is 1. The first-order valence-electron chi connectivity index (χ1n) is 13.5. The van der Waals surface area contributed by atoms with Crippen LogP contribution in [-0.2, 0) is 12.8 Å². The molecule has 0 spiro atoms. The van der Waals surface area contributed by atoms with Crippen LogP contribution in [0, 0.1) is 18.7 Å². The van der Waals surface area contributed by atoms with Gasteiger partial charge in [0.15, 0.2) is 5.43 Å². The van der Waals surface area contributed by atoms with E-state index in [1.807, 2.05) is 49.5 Å². The van der Waals surface area contributed by atoms with Gasteiger partial charge in [-0.05, 0) is 49.2 Å². The maximum Gasteiger partial charge on any atom is 0.196 e. The largest absolute Gasteiger partial charge is 0.497 e. The molecule has 40 heavy (non-hydrogen) atoms. The van der Waals surface area contributed by atoms with Crippen molar-refractivity contribution in [2.45, 2.75) is 39.7 Å². The van der Waals surface area contributed by atoms with Crippen LogP contribution in [-0.4, -0.2) is 23.2 Å². The summed E-state index contributed by atoms with van der Waals surface area (Å²) in [7, 11) is 1.61. The summed E-state index contributed by atoms with van der Waals surface area (Å²) in [5, 5.41) is 0.346. The maximum absolute atomic E-state index is 14.3. The van der Waals surface area contributed by atoms with E-state index in [1.54, 1.807) is 7.11 Å². The van der Waals surface area contributed by atoms with Crippen molar-refractivity contribution in [3.63, 3.8) is 0 Å². The Labute approximate surface area is 233 Å². The molecule has 0 amide bonds. The highest BCUT2D eigenvalue weighted by Gasteiger charge is 2.30. The highest BCUT2D eigenvalue weighted by atomic mass is 19.1. The first-order chi connectivity index (χ1) is 19.3. The first-order valence-corrected chi connectivity index (χ1v) is 13.5. The highest BCUT2D eigenvalue weighted by Crippen LogP contribution is 2.36. The average Bonchev–Trinajstić information content (AvgIpc) is 3.34. The third kappa shape index (κ3) is 5.42. The molecule has 0 radical (unpaired) electrons. The second kappa shape index (κ2) is 11.5. The van der Waals surface area contributed by atoms with Crippen molar-refractivity contribution < 1.29 is 13.5 Å². The minimum absolute atomic E-state index is 0.00217. The molecule has 2 N–H and O–H groups in total. The minimum atomic E-state index is -0.462. The molecular formula is C33H34FN3O3. The lowest BCUT2D eigenvalue weighted by molar-refractivity contribution is 0.359. The van der Waals surface area contributed by atoms with E-state index in [2.05, 4.69) is 30.5 Å². The summed E-state index contributed by atoms with van der Waals surface area (Å²) in [4.78, 5) is 19.0. The molecule has 0 saturated carbocycles. The Morgan fingerprint density at radius 2 is 1.85 bits per heavy atom. The van der Waals surface area contributed by atoms with Gasteiger partial charge in [0.05, 0.1) is 24.2 Å². The summed E-state index contributed by atoms with van der Waals surface area (Å²) in [6, 6.07) is 19.5. The molecule has 3 aromatic carbocycles. The van der Waals surface area contributed by atoms with E-state index in [0.29, 0.717) is 41.8 Å². The number of benzene rings is 3. The maximum atomic E-state index is 14.3. The normalized spacial score (nSPS) is 12.3. The summed E-state index contributed by atoms with van der Waals surface area (Å²) in [5.41, 5.74) is 10.3. The molecule has 1 atom stereocenters. The van der Waals surface area contributed by atoms with Gasteiger partial charge in [-0.15, -0.1) is 0 Å². The number of fused-ring (bicyclic) bond motifs is 1. The van der Waals surface area contributed by atoms with Gasteiger partial charge >= 0.3 is 0 Å². The van der Waals surface area contributed by atoms with Crippen LogP contribution < -0.4 is 15.9 Å². The molecule has 0 fully saturated rings. The minimum Gasteiger partial charge on any atom is -0.497 e. The monoisotopic (exact) mass is 539 g/mol. The van der Waals surface area contributed by atoms with Crippen LogP contribution in [0.5, 0.6) is 5.75 Å². The lowest BCUT2D eigenvalue weighted by atomic mass is 9.93. The second-order valence-electron chi connectivity index (χ2n) is 10.5. The molecule has 0 aliphatic carbocycles. The van der Waals surface area contributed by atoms with Gasteiger partial charge in [-0.3, -0.25) is 4.79 Å². The number of hydrogen-bond acceptors (Lipinski definition) is 5. The van der Waals surface area contributed by atoms with Gasteiger partial charge in [0.2, 0.25) is 0 Å². The molecule has 2 aromatic heterocycles. The average molecular weight is 540 g/mol. The Kier molecular flexibility index (Phi) is 7.85. The van der Waals surface area contributed by atoms with Crippen molar-refractivity contribution in [1.29, 1.82) is 0 Å². The number of nitrogens with zero attached hydrogens (tertiary/aromatic N) is 2. The molecule has 7 heteroatoms. The molecule has 6 nitrogen and oxygen atoms in total. The van der Waals surface area contributed by atoms with E-state index in [-0.39, 0.29) is 16.9 Å². The molecule has 206 valence electrons. The number of methoxy groups -OCH3 is 1. The summed E-state index contributed by atoms with van der Waals surface area (Å²) < 4.78 is 28.3. The van der Waals surface area contributed by atoms with Gasteiger partial charge in [-0.25, -0.2) is 9.37 Å². The topological polar surface area (TPSA) is 83.3 Å². The molecule has 0 aliphatic heterocycles. The Bertz CT molecular complexity index is 1700. The van der Waals surface area contributed by atoms with Crippen LogP contribution in [0.2, 0.25) is 0 Å². The Morgan fingerprint density at radius 1 is 1.07 bits per heavy atom. The Morgan fingerprint density at radius 3 is 2.55 bits per heavy atom. The van der Waals surface area contributed by atoms with Crippen LogP contribution >= 0.6 is 0 Å². The van der Waals surface area contributed by atoms with E-state index in [1.165, 1.54) is 18.2 Å². The molecule has 0 saturated heterocycles. The van der Waals surface area contributed by atoms with E-state index < -0.39 is 11.9 Å². The quantitative estimate of drug-likeness (QED) is 0.233. The number of halogens is 1. The fourth-order valence-electron chi connectivity index (χ4n) is 5.21. The fourth-order valence-corrected chi connectivity index (χ4v) is 5.21. The van der Waals surface area contributed by atoms with Crippen molar-refractivity contribution >= 4 is 11.0 Å². The van der Waals surface area contributed by atoms with Crippen LogP contribution in [0.3, 0.4) is 0 Å². The standard InChI is InChI=1S/C33H34FN3O3/c1-20(2)30(37-19-25(14-15-35)36-33(37)23-10-8-21(3)9-11-23)32-28(17-22-6-5-7-26(16-22)39-4)31(38)27-13-12-24(34)18-29(27)40-32/h5-13,16,18-20,30H,14-15,17,35H2,1-4H3. The summed E-state index contributed by atoms with van der Waals surface area (Å²) in [6.07, 6.45) is 2.94. The van der Waals surface area contributed by atoms with Gasteiger partial charge in [-0.2, -0.15) is 0 Å². The van der Waals surface area contributed by atoms with Crippen molar-refractivity contribution in [2.24, 2.45) is 11.7 Å². The summed E-state index contributed by atoms with van der Waals surface area (Å²) in [5.74, 6) is 1.50. The van der Waals surface area contributed by atoms with Crippen molar-refractivity contribution in [2.75, 3.05) is 13.7 Å². The van der Waals surface area contributed by atoms with Gasteiger partial charge in [0, 0.05) is 36.2 Å². The van der Waals surface area contributed by atoms with Crippen LogP contribution in [0.25, 0.3) is 22.4 Å². The summed E-state index contributed by atoms with van der Waals surface area (Å²) >= 11 is 0. The third-order valence-corrected chi connectivity index (χ3v) is 7.19. The van der Waals surface area contributed by atoms with Gasteiger partial charge < -0.3 is 19.5 Å². The van der Waals surface area contributed by atoms with Crippen LogP contribution in [0.4, 0.5) is 4.39 Å². The number of nitrogens with two attached hydrogens (primary N) is 1. The van der Waals surface area contributed by atoms with E-state index >= 15 is 0 Å². The lowest BCUT2D eigenvalue weighted by Crippen LogP contribution is -2.23. The number of ether oxygens (including phenoxy) is 1. The van der Waals surface area contributed by atoms with E-state index in [9.17, 15) is 9.18 Å². The smallest absolute Gasteiger partial charge is 0.196 e. The van der Waals surface area contributed by atoms with E-state index in [4.69, 9.17) is 19.9 Å². The number of rotatable bonds is 9. The van der Waals surface area contributed by atoms with Gasteiger partial charge in [-0.1, -0.05) is 55.8 Å². The Hall–Kier alpha value is -4.23. The second-order valence-corrected chi connectivity index (χ2v) is 10.5. The molecule has 0 aliphatic rings. The molecule has 2 heterocycles. The fraction of sp³-hybridized carbons (Fsp3) is 0.273. The Balaban J connectivity index is 1.77. The molecule has 5 aromatic rings. The number of aryl methyl sites for hydroxylation is 1. The molecule has 5 rings (SSSR count). The van der Waals surface area contributed by atoms with Crippen molar-refractivity contribution in [3.05, 3.63) is 117 Å². The lowest BCUT2D eigenvalue weighted by Gasteiger charge is -2.26. The zero-order valence-corrected chi connectivity index (χ0v) is 23.3. The molecule has 1 unspecified atom stereocenters. The molecule has 0 bridgehead atoms. The number of aromatic nitrogens is 2. The zero-order valence-electron chi connectivity index (χ0n) is 23.3. The predicted octanol–water partition coefficient (Wildman–Crippen LogP) is 6.45. The van der Waals surface area contributed by atoms with Crippen molar-refractivity contribution in [1.82, 2.24) is 9.55 Å². The number of hydrogen-bond donors (Lipinski definition) is 1.